The first-order valence-electron chi connectivity index (χ1n) is 9.00. The summed E-state index contributed by atoms with van der Waals surface area (Å²) in [5, 5.41) is 13.9. The normalized spacial score (nSPS) is 11.2. The number of benzene rings is 2. The second kappa shape index (κ2) is 7.92. The van der Waals surface area contributed by atoms with E-state index in [1.807, 2.05) is 28.8 Å². The highest BCUT2D eigenvalue weighted by Gasteiger charge is 2.15. The Hall–Kier alpha value is -3.39. The van der Waals surface area contributed by atoms with Crippen molar-refractivity contribution in [3.63, 3.8) is 0 Å². The first-order valence-corrected chi connectivity index (χ1v) is 9.38. The van der Waals surface area contributed by atoms with E-state index in [0.717, 1.165) is 11.0 Å². The topological polar surface area (TPSA) is 98.7 Å². The van der Waals surface area contributed by atoms with Gasteiger partial charge < -0.3 is 14.4 Å². The van der Waals surface area contributed by atoms with Gasteiger partial charge in [-0.05, 0) is 36.4 Å². The summed E-state index contributed by atoms with van der Waals surface area (Å²) in [7, 11) is 0. The quantitative estimate of drug-likeness (QED) is 0.501. The van der Waals surface area contributed by atoms with Crippen molar-refractivity contribution in [1.82, 2.24) is 19.2 Å². The standard InChI is InChI=1S/C20H17ClN4O4/c21-13-5-7-14(8-6-13)29-12-11-24-16-3-1-2-4-17(16)25-20(24)22-19(28)15(23-25)9-10-18(26)27/h1-8H,9-12H2,(H,26,27). The maximum absolute atomic E-state index is 12.4. The molecule has 2 aromatic heterocycles. The van der Waals surface area contributed by atoms with Crippen LogP contribution < -0.4 is 10.3 Å². The van der Waals surface area contributed by atoms with Crippen LogP contribution in [-0.4, -0.2) is 36.8 Å². The van der Waals surface area contributed by atoms with Crippen LogP contribution in [0.5, 0.6) is 5.75 Å². The van der Waals surface area contributed by atoms with Crippen molar-refractivity contribution in [2.75, 3.05) is 6.61 Å². The van der Waals surface area contributed by atoms with E-state index >= 15 is 0 Å². The van der Waals surface area contributed by atoms with E-state index < -0.39 is 11.5 Å². The zero-order chi connectivity index (χ0) is 20.4. The van der Waals surface area contributed by atoms with Gasteiger partial charge in [0.05, 0.1) is 24.0 Å². The van der Waals surface area contributed by atoms with Gasteiger partial charge in [0, 0.05) is 11.4 Å². The van der Waals surface area contributed by atoms with E-state index in [9.17, 15) is 9.59 Å². The van der Waals surface area contributed by atoms with E-state index in [2.05, 4.69) is 10.1 Å². The van der Waals surface area contributed by atoms with Crippen LogP contribution in [0.2, 0.25) is 5.02 Å². The van der Waals surface area contributed by atoms with Gasteiger partial charge in [-0.15, -0.1) is 0 Å². The monoisotopic (exact) mass is 412 g/mol. The Morgan fingerprint density at radius 1 is 1.10 bits per heavy atom. The smallest absolute Gasteiger partial charge is 0.303 e. The van der Waals surface area contributed by atoms with Crippen LogP contribution >= 0.6 is 11.6 Å². The summed E-state index contributed by atoms with van der Waals surface area (Å²) < 4.78 is 9.21. The third-order valence-electron chi connectivity index (χ3n) is 4.47. The number of carbonyl (C=O) groups is 1. The van der Waals surface area contributed by atoms with Crippen LogP contribution in [0.1, 0.15) is 12.1 Å². The van der Waals surface area contributed by atoms with Gasteiger partial charge in [0.15, 0.2) is 0 Å². The van der Waals surface area contributed by atoms with E-state index in [4.69, 9.17) is 21.4 Å². The minimum atomic E-state index is -0.988. The maximum Gasteiger partial charge on any atom is 0.303 e. The Morgan fingerprint density at radius 2 is 1.83 bits per heavy atom. The van der Waals surface area contributed by atoms with Crippen molar-refractivity contribution in [3.05, 3.63) is 69.6 Å². The molecule has 0 aliphatic carbocycles. The Labute approximate surface area is 169 Å². The van der Waals surface area contributed by atoms with E-state index in [-0.39, 0.29) is 18.5 Å². The molecule has 29 heavy (non-hydrogen) atoms. The Morgan fingerprint density at radius 3 is 2.55 bits per heavy atom. The summed E-state index contributed by atoms with van der Waals surface area (Å²) in [6.45, 7) is 0.800. The lowest BCUT2D eigenvalue weighted by molar-refractivity contribution is -0.136. The lowest BCUT2D eigenvalue weighted by Gasteiger charge is -2.08. The van der Waals surface area contributed by atoms with Crippen molar-refractivity contribution in [1.29, 1.82) is 0 Å². The Kier molecular flexibility index (Phi) is 5.18. The minimum Gasteiger partial charge on any atom is -0.492 e. The molecule has 0 bridgehead atoms. The molecule has 0 saturated carbocycles. The van der Waals surface area contributed by atoms with Gasteiger partial charge in [0.1, 0.15) is 18.1 Å². The zero-order valence-corrected chi connectivity index (χ0v) is 16.0. The third kappa shape index (κ3) is 3.93. The molecule has 0 unspecified atom stereocenters. The molecule has 0 atom stereocenters. The fraction of sp³-hybridized carbons (Fsp3) is 0.200. The average molecular weight is 413 g/mol. The summed E-state index contributed by atoms with van der Waals surface area (Å²) >= 11 is 5.89. The number of carboxylic acid groups (broad SMARTS) is 1. The number of carboxylic acids is 1. The highest BCUT2D eigenvalue weighted by Crippen LogP contribution is 2.19. The molecule has 0 aliphatic heterocycles. The number of aryl methyl sites for hydroxylation is 1. The molecular formula is C20H17ClN4O4. The van der Waals surface area contributed by atoms with E-state index in [1.54, 1.807) is 28.8 Å². The number of rotatable bonds is 7. The minimum absolute atomic E-state index is 0.0310. The Bertz CT molecular complexity index is 1250. The number of halogens is 1. The molecule has 0 radical (unpaired) electrons. The number of fused-ring (bicyclic) bond motifs is 3. The van der Waals surface area contributed by atoms with Crippen molar-refractivity contribution >= 4 is 34.4 Å². The number of ether oxygens (including phenoxy) is 1. The molecule has 148 valence electrons. The van der Waals surface area contributed by atoms with Crippen LogP contribution in [0.4, 0.5) is 0 Å². The molecule has 1 N–H and O–H groups in total. The molecule has 2 aromatic carbocycles. The lowest BCUT2D eigenvalue weighted by Crippen LogP contribution is -2.21. The summed E-state index contributed by atoms with van der Waals surface area (Å²) in [5.41, 5.74) is 1.24. The average Bonchev–Trinajstić information content (AvgIpc) is 3.00. The molecule has 8 nitrogen and oxygen atoms in total. The third-order valence-corrected chi connectivity index (χ3v) is 4.73. The van der Waals surface area contributed by atoms with Crippen molar-refractivity contribution in [3.8, 4) is 5.75 Å². The lowest BCUT2D eigenvalue weighted by atomic mass is 10.2. The predicted octanol–water partition coefficient (Wildman–Crippen LogP) is 2.79. The van der Waals surface area contributed by atoms with Crippen LogP contribution in [0.15, 0.2) is 53.3 Å². The van der Waals surface area contributed by atoms with Gasteiger partial charge in [0.2, 0.25) is 5.78 Å². The SMILES string of the molecule is O=C(O)CCc1nn2c3ccccc3n(CCOc3ccc(Cl)cc3)c2nc1=O. The largest absolute Gasteiger partial charge is 0.492 e. The van der Waals surface area contributed by atoms with Gasteiger partial charge >= 0.3 is 5.97 Å². The molecule has 0 spiro atoms. The summed E-state index contributed by atoms with van der Waals surface area (Å²) in [4.78, 5) is 27.4. The zero-order valence-electron chi connectivity index (χ0n) is 15.3. The van der Waals surface area contributed by atoms with Gasteiger partial charge in [-0.2, -0.15) is 14.6 Å². The van der Waals surface area contributed by atoms with Gasteiger partial charge in [-0.1, -0.05) is 23.7 Å². The van der Waals surface area contributed by atoms with E-state index in [1.165, 1.54) is 0 Å². The van der Waals surface area contributed by atoms with Crippen LogP contribution in [-0.2, 0) is 17.8 Å². The molecule has 0 saturated heterocycles. The van der Waals surface area contributed by atoms with Crippen molar-refractivity contribution in [2.45, 2.75) is 19.4 Å². The van der Waals surface area contributed by atoms with Crippen molar-refractivity contribution < 1.29 is 14.6 Å². The molecule has 0 aliphatic rings. The number of aliphatic carboxylic acids is 1. The molecule has 9 heteroatoms. The summed E-state index contributed by atoms with van der Waals surface area (Å²) in [6, 6.07) is 14.6. The van der Waals surface area contributed by atoms with Crippen LogP contribution in [0, 0.1) is 0 Å². The molecule has 0 fully saturated rings. The number of nitrogens with zero attached hydrogens (tertiary/aromatic N) is 4. The maximum atomic E-state index is 12.4. The number of para-hydroxylation sites is 2. The second-order valence-electron chi connectivity index (χ2n) is 6.41. The van der Waals surface area contributed by atoms with Gasteiger partial charge in [-0.25, -0.2) is 0 Å². The van der Waals surface area contributed by atoms with E-state index in [0.29, 0.717) is 29.7 Å². The number of hydrogen-bond acceptors (Lipinski definition) is 5. The highest BCUT2D eigenvalue weighted by atomic mass is 35.5. The fourth-order valence-corrected chi connectivity index (χ4v) is 3.24. The van der Waals surface area contributed by atoms with Crippen LogP contribution in [0.3, 0.4) is 0 Å². The number of hydrogen-bond donors (Lipinski definition) is 1. The summed E-state index contributed by atoms with van der Waals surface area (Å²) in [5.74, 6) is 0.0856. The molecule has 4 rings (SSSR count). The molecular weight excluding hydrogens is 396 g/mol. The molecule has 0 amide bonds. The fourth-order valence-electron chi connectivity index (χ4n) is 3.11. The van der Waals surface area contributed by atoms with Crippen LogP contribution in [0.25, 0.3) is 16.8 Å². The Balaban J connectivity index is 1.68. The summed E-state index contributed by atoms with van der Waals surface area (Å²) in [6.07, 6.45) is -0.146. The van der Waals surface area contributed by atoms with Gasteiger partial charge in [0.25, 0.3) is 5.56 Å². The number of imidazole rings is 1. The predicted molar refractivity (Wildman–Crippen MR) is 108 cm³/mol. The number of aromatic nitrogens is 4. The first-order chi connectivity index (χ1) is 14.0. The van der Waals surface area contributed by atoms with Gasteiger partial charge in [-0.3, -0.25) is 9.59 Å². The molecule has 2 heterocycles. The second-order valence-corrected chi connectivity index (χ2v) is 6.85. The molecule has 4 aromatic rings. The first kappa shape index (κ1) is 18.9. The van der Waals surface area contributed by atoms with Crippen molar-refractivity contribution in [2.24, 2.45) is 0 Å². The highest BCUT2D eigenvalue weighted by molar-refractivity contribution is 6.30.